The highest BCUT2D eigenvalue weighted by Crippen LogP contribution is 2.71. The molecule has 4 aromatic heterocycles. The van der Waals surface area contributed by atoms with E-state index in [0.29, 0.717) is 5.82 Å². The second-order valence-electron chi connectivity index (χ2n) is 11.5. The number of nitrogens with one attached hydrogen (secondary N) is 1. The maximum absolute atomic E-state index is 12.5. The minimum absolute atomic E-state index is 0.000833. The number of nitrogens with two attached hydrogens (primary N) is 1. The highest BCUT2D eigenvalue weighted by Gasteiger charge is 2.50. The summed E-state index contributed by atoms with van der Waals surface area (Å²) < 4.78 is 84.1. The number of thioether (sulfide) groups is 1. The highest BCUT2D eigenvalue weighted by atomic mass is 32.2. The molecule has 0 radical (unpaired) electrons. The summed E-state index contributed by atoms with van der Waals surface area (Å²) >= 11 is 1.14. The van der Waals surface area contributed by atoms with Gasteiger partial charge >= 0.3 is 31.3 Å². The molecule has 0 aromatic carbocycles. The van der Waals surface area contributed by atoms with Crippen molar-refractivity contribution in [2.24, 2.45) is 0 Å². The van der Waals surface area contributed by atoms with E-state index in [2.05, 4.69) is 57.2 Å². The summed E-state index contributed by atoms with van der Waals surface area (Å²) in [5.41, 5.74) is 6.54. The van der Waals surface area contributed by atoms with Crippen LogP contribution in [-0.4, -0.2) is 142 Å². The lowest BCUT2D eigenvalue weighted by atomic mass is 10.1. The summed E-state index contributed by atoms with van der Waals surface area (Å²) in [4.78, 5) is 64.4. The Morgan fingerprint density at radius 2 is 1.21 bits per heavy atom. The number of aromatic nitrogens is 8. The number of hydrogen-bond donors (Lipinski definition) is 10. The smallest absolute Gasteiger partial charge is 0.387 e. The summed E-state index contributed by atoms with van der Waals surface area (Å²) in [5, 5.41) is 45.2. The molecule has 12 atom stereocenters. The zero-order chi connectivity index (χ0) is 41.0. The maximum Gasteiger partial charge on any atom is 0.490 e. The van der Waals surface area contributed by atoms with Gasteiger partial charge in [0.05, 0.1) is 25.9 Å². The van der Waals surface area contributed by atoms with Gasteiger partial charge in [-0.05, 0) is 6.26 Å². The number of nitrogen functional groups attached to an aromatic ring is 1. The van der Waals surface area contributed by atoms with E-state index in [1.165, 1.54) is 28.1 Å². The van der Waals surface area contributed by atoms with Crippen LogP contribution >= 0.6 is 43.1 Å². The molecule has 2 fully saturated rings. The molecular formula is C22H32N10O19P4S. The SMILES string of the molecule is CNc1ncnc2c1ncn2[C@@H]1O[C@H](COP(=O)(O)OP(=O)(O)OP(=O)(O)OP(=O)(O)OC[C@H]2O[C@@H](n3cnc4c(N)nc(SC)nc43)[C@H](O)[C@@H]2O)[C@@H](O)[C@H]1O. The lowest BCUT2D eigenvalue weighted by Crippen LogP contribution is -2.33. The van der Waals surface area contributed by atoms with Gasteiger partial charge < -0.3 is 60.5 Å². The number of phosphoric acid groups is 4. The first-order chi connectivity index (χ1) is 26.1. The molecule has 2 saturated heterocycles. The number of hydrogen-bond acceptors (Lipinski definition) is 24. The number of anilines is 2. The van der Waals surface area contributed by atoms with Gasteiger partial charge in [-0.2, -0.15) is 12.9 Å². The molecule has 0 spiro atoms. The fourth-order valence-electron chi connectivity index (χ4n) is 5.41. The average molecular weight is 897 g/mol. The van der Waals surface area contributed by atoms with Gasteiger partial charge in [-0.3, -0.25) is 18.2 Å². The molecule has 11 N–H and O–H groups in total. The van der Waals surface area contributed by atoms with Crippen LogP contribution in [0.15, 0.2) is 24.1 Å². The second kappa shape index (κ2) is 16.2. The Kier molecular flexibility index (Phi) is 12.4. The first-order valence-corrected chi connectivity index (χ1v) is 22.5. The van der Waals surface area contributed by atoms with E-state index in [0.717, 1.165) is 11.8 Å². The number of nitrogens with zero attached hydrogens (tertiary/aromatic N) is 8. The van der Waals surface area contributed by atoms with E-state index < -0.39 is 93.6 Å². The Morgan fingerprint density at radius 1 is 0.732 bits per heavy atom. The summed E-state index contributed by atoms with van der Waals surface area (Å²) in [6.45, 7) is -2.21. The van der Waals surface area contributed by atoms with Crippen LogP contribution < -0.4 is 11.1 Å². The first-order valence-electron chi connectivity index (χ1n) is 15.3. The minimum Gasteiger partial charge on any atom is -0.387 e. The monoisotopic (exact) mass is 896 g/mol. The van der Waals surface area contributed by atoms with E-state index in [4.69, 9.17) is 15.2 Å². The zero-order valence-corrected chi connectivity index (χ0v) is 32.6. The number of rotatable bonds is 16. The third-order valence-electron chi connectivity index (χ3n) is 7.85. The number of aliphatic hydroxyl groups excluding tert-OH is 4. The zero-order valence-electron chi connectivity index (χ0n) is 28.2. The van der Waals surface area contributed by atoms with Crippen molar-refractivity contribution in [3.05, 3.63) is 19.0 Å². The minimum atomic E-state index is -6.20. The van der Waals surface area contributed by atoms with Gasteiger partial charge in [0.2, 0.25) is 0 Å². The largest absolute Gasteiger partial charge is 0.490 e. The summed E-state index contributed by atoms with van der Waals surface area (Å²) in [5.74, 6) is 0.324. The van der Waals surface area contributed by atoms with Crippen molar-refractivity contribution >= 4 is 77.0 Å². The Morgan fingerprint density at radius 3 is 1.71 bits per heavy atom. The maximum atomic E-state index is 12.5. The van der Waals surface area contributed by atoms with Gasteiger partial charge in [-0.1, -0.05) is 11.8 Å². The van der Waals surface area contributed by atoms with Gasteiger partial charge in [-0.25, -0.2) is 48.2 Å². The topological polar surface area (TPSA) is 420 Å². The van der Waals surface area contributed by atoms with Crippen molar-refractivity contribution in [1.29, 1.82) is 0 Å². The molecule has 0 aliphatic carbocycles. The summed E-state index contributed by atoms with van der Waals surface area (Å²) in [7, 11) is -22.4. The van der Waals surface area contributed by atoms with Crippen LogP contribution in [-0.2, 0) is 49.7 Å². The molecule has 310 valence electrons. The summed E-state index contributed by atoms with van der Waals surface area (Å²) in [6, 6.07) is 0. The van der Waals surface area contributed by atoms with Crippen LogP contribution in [0.25, 0.3) is 22.3 Å². The fourth-order valence-corrected chi connectivity index (χ4v) is 10.7. The molecule has 0 bridgehead atoms. The molecule has 0 saturated carbocycles. The molecule has 4 aromatic rings. The predicted octanol–water partition coefficient (Wildman–Crippen LogP) is -1.27. The van der Waals surface area contributed by atoms with E-state index in [1.807, 2.05) is 0 Å². The second-order valence-corrected chi connectivity index (χ2v) is 18.5. The number of ether oxygens (including phenoxy) is 2. The Hall–Kier alpha value is -2.63. The van der Waals surface area contributed by atoms with Crippen molar-refractivity contribution in [3.63, 3.8) is 0 Å². The van der Waals surface area contributed by atoms with Crippen molar-refractivity contribution < 1.29 is 89.7 Å². The van der Waals surface area contributed by atoms with E-state index in [9.17, 15) is 58.3 Å². The van der Waals surface area contributed by atoms with Crippen molar-refractivity contribution in [2.45, 2.75) is 54.2 Å². The third kappa shape index (κ3) is 9.15. The Bertz CT molecular complexity index is 2290. The lowest BCUT2D eigenvalue weighted by Gasteiger charge is -2.21. The molecule has 2 aliphatic heterocycles. The fraction of sp³-hybridized carbons (Fsp3) is 0.545. The van der Waals surface area contributed by atoms with Crippen LogP contribution in [0, 0.1) is 0 Å². The lowest BCUT2D eigenvalue weighted by molar-refractivity contribution is -0.0505. The van der Waals surface area contributed by atoms with Gasteiger partial charge in [0, 0.05) is 7.05 Å². The standard InChI is InChI=1S/C22H32N10O19P4S/c1-24-17-11-18(26-5-25-17)31(7-28-11)20-14(35)12(33)8(47-20)3-45-52(37,38)49-54(41,42)51-55(43,44)50-53(39,40)46-4-9-13(34)15(36)21(48-9)32-6-27-10-16(23)29-22(56-2)30-19(10)32/h5-9,12-15,20-21,33-36H,3-4H2,1-2H3,(H,37,38)(H,39,40)(H,41,42)(H,43,44)(H2,23,29,30)(H,24,25,26)/t8-,9-,12-,13-,14-,15-,20-,21-/m1/s1. The van der Waals surface area contributed by atoms with Gasteiger partial charge in [0.25, 0.3) is 0 Å². The van der Waals surface area contributed by atoms with Crippen LogP contribution in [0.2, 0.25) is 0 Å². The molecule has 29 nitrogen and oxygen atoms in total. The van der Waals surface area contributed by atoms with E-state index in [1.54, 1.807) is 13.3 Å². The van der Waals surface area contributed by atoms with Gasteiger partial charge in [0.15, 0.2) is 40.5 Å². The molecule has 4 unspecified atom stereocenters. The molecule has 2 aliphatic rings. The average Bonchev–Trinajstić information content (AvgIpc) is 3.86. The van der Waals surface area contributed by atoms with Crippen LogP contribution in [0.3, 0.4) is 0 Å². The number of aliphatic hydroxyl groups is 4. The number of phosphoric ester groups is 2. The number of fused-ring (bicyclic) bond motifs is 2. The van der Waals surface area contributed by atoms with Crippen molar-refractivity contribution in [1.82, 2.24) is 39.0 Å². The Balaban J connectivity index is 1.02. The van der Waals surface area contributed by atoms with Crippen molar-refractivity contribution in [2.75, 3.05) is 37.6 Å². The molecule has 6 rings (SSSR count). The quantitative estimate of drug-likeness (QED) is 0.0356. The predicted molar refractivity (Wildman–Crippen MR) is 183 cm³/mol. The van der Waals surface area contributed by atoms with Crippen LogP contribution in [0.5, 0.6) is 0 Å². The molecule has 56 heavy (non-hydrogen) atoms. The number of imidazole rings is 2. The van der Waals surface area contributed by atoms with Crippen LogP contribution in [0.4, 0.5) is 11.6 Å². The molecule has 6 heterocycles. The molecule has 0 amide bonds. The van der Waals surface area contributed by atoms with E-state index in [-0.39, 0.29) is 33.3 Å². The Labute approximate surface area is 316 Å². The first kappa shape index (κ1) is 43.0. The third-order valence-corrected chi connectivity index (χ3v) is 14.3. The van der Waals surface area contributed by atoms with Gasteiger partial charge in [-0.15, -0.1) is 0 Å². The molecule has 34 heteroatoms. The summed E-state index contributed by atoms with van der Waals surface area (Å²) in [6.07, 6.45) is -7.78. The van der Waals surface area contributed by atoms with Gasteiger partial charge in [0.1, 0.15) is 54.0 Å². The van der Waals surface area contributed by atoms with Crippen LogP contribution in [0.1, 0.15) is 12.5 Å². The van der Waals surface area contributed by atoms with E-state index >= 15 is 0 Å². The highest BCUT2D eigenvalue weighted by molar-refractivity contribution is 7.98. The molecular weight excluding hydrogens is 864 g/mol. The normalized spacial score (nSPS) is 29.9. The van der Waals surface area contributed by atoms with Crippen molar-refractivity contribution in [3.8, 4) is 0 Å².